The second-order valence-corrected chi connectivity index (χ2v) is 3.02. The lowest BCUT2D eigenvalue weighted by Crippen LogP contribution is -1.95. The van der Waals surface area contributed by atoms with Crippen molar-refractivity contribution in [2.75, 3.05) is 0 Å². The molecule has 0 saturated carbocycles. The predicted molar refractivity (Wildman–Crippen MR) is 49.0 cm³/mol. The molecule has 60 valence electrons. The van der Waals surface area contributed by atoms with Crippen LogP contribution in [0.25, 0.3) is 0 Å². The van der Waals surface area contributed by atoms with Gasteiger partial charge < -0.3 is 5.73 Å². The highest BCUT2D eigenvalue weighted by Crippen LogP contribution is 2.24. The van der Waals surface area contributed by atoms with Crippen molar-refractivity contribution in [2.24, 2.45) is 5.73 Å². The van der Waals surface area contributed by atoms with E-state index in [0.717, 1.165) is 25.0 Å². The van der Waals surface area contributed by atoms with Gasteiger partial charge in [-0.3, -0.25) is 0 Å². The quantitative estimate of drug-likeness (QED) is 0.655. The molecule has 0 aromatic carbocycles. The van der Waals surface area contributed by atoms with Gasteiger partial charge >= 0.3 is 0 Å². The lowest BCUT2D eigenvalue weighted by molar-refractivity contribution is 0.964. The van der Waals surface area contributed by atoms with Gasteiger partial charge in [-0.2, -0.15) is 0 Å². The molecule has 1 nitrogen and oxygen atoms in total. The smallest absolute Gasteiger partial charge is 0.00798 e. The molecule has 0 radical (unpaired) electrons. The van der Waals surface area contributed by atoms with E-state index in [2.05, 4.69) is 25.7 Å². The van der Waals surface area contributed by atoms with Crippen LogP contribution in [0.3, 0.4) is 0 Å². The van der Waals surface area contributed by atoms with Gasteiger partial charge in [-0.25, -0.2) is 0 Å². The van der Waals surface area contributed by atoms with Crippen LogP contribution in [0, 0.1) is 0 Å². The highest BCUT2D eigenvalue weighted by Gasteiger charge is 2.05. The molecule has 1 aliphatic rings. The standard InChI is InChI=1S/C10H15N/c1-3-9-4-5-10(7-9)6-8(2)11/h4-5H,2-3,6-7,11H2,1H3. The first-order valence-corrected chi connectivity index (χ1v) is 4.03. The summed E-state index contributed by atoms with van der Waals surface area (Å²) in [6, 6.07) is 0. The van der Waals surface area contributed by atoms with Crippen LogP contribution in [0.2, 0.25) is 0 Å². The van der Waals surface area contributed by atoms with Gasteiger partial charge in [0, 0.05) is 12.1 Å². The Morgan fingerprint density at radius 1 is 1.55 bits per heavy atom. The number of hydrogen-bond donors (Lipinski definition) is 1. The summed E-state index contributed by atoms with van der Waals surface area (Å²) in [7, 11) is 0. The molecule has 1 rings (SSSR count). The van der Waals surface area contributed by atoms with Gasteiger partial charge in [-0.1, -0.05) is 36.8 Å². The van der Waals surface area contributed by atoms with Crippen molar-refractivity contribution >= 4 is 0 Å². The van der Waals surface area contributed by atoms with E-state index in [0.29, 0.717) is 0 Å². The van der Waals surface area contributed by atoms with Gasteiger partial charge in [0.1, 0.15) is 0 Å². The Morgan fingerprint density at radius 2 is 2.18 bits per heavy atom. The van der Waals surface area contributed by atoms with E-state index in [4.69, 9.17) is 5.73 Å². The third kappa shape index (κ3) is 2.26. The third-order valence-corrected chi connectivity index (χ3v) is 1.92. The average Bonchev–Trinajstić information content (AvgIpc) is 2.34. The molecule has 2 N–H and O–H groups in total. The maximum Gasteiger partial charge on any atom is 0.00798 e. The molecule has 1 heteroatoms. The van der Waals surface area contributed by atoms with Crippen LogP contribution in [0.1, 0.15) is 26.2 Å². The highest BCUT2D eigenvalue weighted by molar-refractivity contribution is 5.32. The number of allylic oxidation sites excluding steroid dienone is 4. The van der Waals surface area contributed by atoms with Gasteiger partial charge in [0.2, 0.25) is 0 Å². The fourth-order valence-corrected chi connectivity index (χ4v) is 1.30. The zero-order chi connectivity index (χ0) is 8.27. The Kier molecular flexibility index (Phi) is 2.53. The summed E-state index contributed by atoms with van der Waals surface area (Å²) < 4.78 is 0. The molecular formula is C10H15N. The molecule has 0 spiro atoms. The monoisotopic (exact) mass is 149 g/mol. The van der Waals surface area contributed by atoms with Gasteiger partial charge in [0.05, 0.1) is 0 Å². The van der Waals surface area contributed by atoms with Crippen LogP contribution in [0.15, 0.2) is 35.6 Å². The zero-order valence-electron chi connectivity index (χ0n) is 7.06. The fraction of sp³-hybridized carbons (Fsp3) is 0.400. The lowest BCUT2D eigenvalue weighted by atomic mass is 10.1. The molecule has 0 atom stereocenters. The lowest BCUT2D eigenvalue weighted by Gasteiger charge is -2.02. The molecule has 0 aromatic heterocycles. The van der Waals surface area contributed by atoms with Crippen molar-refractivity contribution in [2.45, 2.75) is 26.2 Å². The van der Waals surface area contributed by atoms with Gasteiger partial charge in [0.15, 0.2) is 0 Å². The molecule has 0 aromatic rings. The number of nitrogens with two attached hydrogens (primary N) is 1. The summed E-state index contributed by atoms with van der Waals surface area (Å²) in [5.74, 6) is 0. The topological polar surface area (TPSA) is 26.0 Å². The average molecular weight is 149 g/mol. The zero-order valence-corrected chi connectivity index (χ0v) is 7.06. The normalized spacial score (nSPS) is 16.1. The van der Waals surface area contributed by atoms with E-state index in [1.807, 2.05) is 0 Å². The second kappa shape index (κ2) is 3.42. The molecule has 0 amide bonds. The van der Waals surface area contributed by atoms with Crippen molar-refractivity contribution in [3.8, 4) is 0 Å². The molecule has 0 fully saturated rings. The van der Waals surface area contributed by atoms with Crippen molar-refractivity contribution < 1.29 is 0 Å². The van der Waals surface area contributed by atoms with Crippen molar-refractivity contribution in [3.63, 3.8) is 0 Å². The van der Waals surface area contributed by atoms with Crippen molar-refractivity contribution in [1.82, 2.24) is 0 Å². The van der Waals surface area contributed by atoms with E-state index in [1.54, 1.807) is 0 Å². The number of rotatable bonds is 3. The van der Waals surface area contributed by atoms with Gasteiger partial charge in [-0.15, -0.1) is 0 Å². The summed E-state index contributed by atoms with van der Waals surface area (Å²) in [6.45, 7) is 5.86. The minimum absolute atomic E-state index is 0.766. The molecule has 1 aliphatic carbocycles. The summed E-state index contributed by atoms with van der Waals surface area (Å²) in [4.78, 5) is 0. The summed E-state index contributed by atoms with van der Waals surface area (Å²) in [6.07, 6.45) is 7.47. The Hall–Kier alpha value is -0.980. The molecule has 11 heavy (non-hydrogen) atoms. The third-order valence-electron chi connectivity index (χ3n) is 1.92. The largest absolute Gasteiger partial charge is 0.402 e. The van der Waals surface area contributed by atoms with Crippen LogP contribution in [-0.4, -0.2) is 0 Å². The Labute approximate surface area is 68.3 Å². The van der Waals surface area contributed by atoms with E-state index in [9.17, 15) is 0 Å². The Morgan fingerprint density at radius 3 is 2.64 bits per heavy atom. The van der Waals surface area contributed by atoms with E-state index in [1.165, 1.54) is 11.1 Å². The minimum atomic E-state index is 0.766. The van der Waals surface area contributed by atoms with Crippen LogP contribution in [0.5, 0.6) is 0 Å². The van der Waals surface area contributed by atoms with E-state index >= 15 is 0 Å². The highest BCUT2D eigenvalue weighted by atomic mass is 14.6. The fourth-order valence-electron chi connectivity index (χ4n) is 1.30. The summed E-state index contributed by atoms with van der Waals surface area (Å²) >= 11 is 0. The van der Waals surface area contributed by atoms with E-state index < -0.39 is 0 Å². The first-order chi connectivity index (χ1) is 5.22. The summed E-state index contributed by atoms with van der Waals surface area (Å²) in [5.41, 5.74) is 9.17. The second-order valence-electron chi connectivity index (χ2n) is 3.02. The first-order valence-electron chi connectivity index (χ1n) is 4.03. The molecule has 0 aliphatic heterocycles. The SMILES string of the molecule is C=C(N)CC1=CC=C(CC)C1. The van der Waals surface area contributed by atoms with Gasteiger partial charge in [-0.05, 0) is 12.8 Å². The predicted octanol–water partition coefficient (Wildman–Crippen LogP) is 2.52. The maximum absolute atomic E-state index is 5.50. The number of hydrogen-bond acceptors (Lipinski definition) is 1. The van der Waals surface area contributed by atoms with Crippen molar-refractivity contribution in [3.05, 3.63) is 35.6 Å². The van der Waals surface area contributed by atoms with Crippen LogP contribution in [-0.2, 0) is 0 Å². The van der Waals surface area contributed by atoms with Crippen LogP contribution in [0.4, 0.5) is 0 Å². The molecule has 0 bridgehead atoms. The Bertz CT molecular complexity index is 221. The summed E-state index contributed by atoms with van der Waals surface area (Å²) in [5, 5.41) is 0. The molecule has 0 saturated heterocycles. The van der Waals surface area contributed by atoms with Gasteiger partial charge in [0.25, 0.3) is 0 Å². The first kappa shape index (κ1) is 8.12. The minimum Gasteiger partial charge on any atom is -0.402 e. The van der Waals surface area contributed by atoms with E-state index in [-0.39, 0.29) is 0 Å². The van der Waals surface area contributed by atoms with Crippen LogP contribution < -0.4 is 5.73 Å². The Balaban J connectivity index is 2.40. The molecular weight excluding hydrogens is 134 g/mol. The maximum atomic E-state index is 5.50. The van der Waals surface area contributed by atoms with Crippen molar-refractivity contribution in [1.29, 1.82) is 0 Å². The molecule has 0 unspecified atom stereocenters. The van der Waals surface area contributed by atoms with Crippen LogP contribution >= 0.6 is 0 Å². The molecule has 0 heterocycles.